The molecule has 0 spiro atoms. The zero-order valence-corrected chi connectivity index (χ0v) is 8.02. The molecular weight excluding hydrogens is 122 g/mol. The van der Waals surface area contributed by atoms with Crippen molar-refractivity contribution in [3.05, 3.63) is 0 Å². The lowest BCUT2D eigenvalue weighted by molar-refractivity contribution is 0.398. The third kappa shape index (κ3) is 2.70. The molecular formula is C9H21N. The minimum atomic E-state index is 0.917. The van der Waals surface area contributed by atoms with Crippen molar-refractivity contribution in [2.45, 2.75) is 27.7 Å². The van der Waals surface area contributed by atoms with Crippen LogP contribution in [0.3, 0.4) is 0 Å². The fraction of sp³-hybridized carbons (Fsp3) is 1.00. The van der Waals surface area contributed by atoms with E-state index in [0.717, 1.165) is 11.8 Å². The first-order chi connectivity index (χ1) is 4.70. The van der Waals surface area contributed by atoms with E-state index in [0.29, 0.717) is 0 Å². The highest BCUT2D eigenvalue weighted by atomic mass is 15.1. The maximum atomic E-state index is 2.40. The molecule has 1 aliphatic heterocycles. The second-order valence-electron chi connectivity index (χ2n) is 3.18. The van der Waals surface area contributed by atoms with Gasteiger partial charge >= 0.3 is 0 Å². The van der Waals surface area contributed by atoms with Crippen molar-refractivity contribution in [2.75, 3.05) is 20.1 Å². The lowest BCUT2D eigenvalue weighted by Crippen LogP contribution is -2.13. The predicted octanol–water partition coefficient (Wildman–Crippen LogP) is 2.23. The van der Waals surface area contributed by atoms with Crippen LogP contribution in [0, 0.1) is 11.8 Å². The summed E-state index contributed by atoms with van der Waals surface area (Å²) < 4.78 is 0. The van der Waals surface area contributed by atoms with E-state index in [4.69, 9.17) is 0 Å². The highest BCUT2D eigenvalue weighted by molar-refractivity contribution is 4.75. The molecule has 1 fully saturated rings. The number of rotatable bonds is 0. The maximum absolute atomic E-state index is 2.40. The second-order valence-corrected chi connectivity index (χ2v) is 3.18. The summed E-state index contributed by atoms with van der Waals surface area (Å²) in [5.74, 6) is 1.83. The van der Waals surface area contributed by atoms with Crippen molar-refractivity contribution < 1.29 is 0 Å². The standard InChI is InChI=1S/C7H15N.C2H6/c1-6-4-8(3)5-7(6)2;1-2/h6-7H,4-5H2,1-3H3;1-2H3/t6-,7+;. The highest BCUT2D eigenvalue weighted by Gasteiger charge is 2.22. The Bertz CT molecular complexity index is 70.8. The molecule has 1 aliphatic rings. The second kappa shape index (κ2) is 4.73. The summed E-state index contributed by atoms with van der Waals surface area (Å²) in [7, 11) is 2.19. The van der Waals surface area contributed by atoms with Crippen LogP contribution in [0.15, 0.2) is 0 Å². The Hall–Kier alpha value is -0.0400. The van der Waals surface area contributed by atoms with Gasteiger partial charge in [-0.25, -0.2) is 0 Å². The van der Waals surface area contributed by atoms with E-state index < -0.39 is 0 Å². The van der Waals surface area contributed by atoms with E-state index in [1.165, 1.54) is 13.1 Å². The van der Waals surface area contributed by atoms with Gasteiger partial charge in [0, 0.05) is 13.1 Å². The average molecular weight is 143 g/mol. The molecule has 0 aromatic carbocycles. The molecule has 1 rings (SSSR count). The number of likely N-dealkylation sites (tertiary alicyclic amines) is 1. The van der Waals surface area contributed by atoms with Crippen LogP contribution >= 0.6 is 0 Å². The fourth-order valence-corrected chi connectivity index (χ4v) is 1.42. The van der Waals surface area contributed by atoms with Gasteiger partial charge < -0.3 is 4.90 Å². The maximum Gasteiger partial charge on any atom is 0.000711 e. The topological polar surface area (TPSA) is 3.24 Å². The summed E-state index contributed by atoms with van der Waals surface area (Å²) in [6.07, 6.45) is 0. The fourth-order valence-electron chi connectivity index (χ4n) is 1.42. The summed E-state index contributed by atoms with van der Waals surface area (Å²) >= 11 is 0. The molecule has 0 bridgehead atoms. The molecule has 0 aromatic rings. The smallest absolute Gasteiger partial charge is 0.000711 e. The molecule has 0 aliphatic carbocycles. The van der Waals surface area contributed by atoms with Gasteiger partial charge in [0.2, 0.25) is 0 Å². The van der Waals surface area contributed by atoms with Crippen molar-refractivity contribution >= 4 is 0 Å². The first-order valence-corrected chi connectivity index (χ1v) is 4.38. The third-order valence-electron chi connectivity index (χ3n) is 2.17. The van der Waals surface area contributed by atoms with Crippen LogP contribution < -0.4 is 0 Å². The van der Waals surface area contributed by atoms with E-state index in [2.05, 4.69) is 25.8 Å². The molecule has 62 valence electrons. The van der Waals surface area contributed by atoms with Crippen molar-refractivity contribution in [3.63, 3.8) is 0 Å². The first-order valence-electron chi connectivity index (χ1n) is 4.38. The minimum absolute atomic E-state index is 0.917. The van der Waals surface area contributed by atoms with Gasteiger partial charge in [0.15, 0.2) is 0 Å². The van der Waals surface area contributed by atoms with Crippen LogP contribution in [0.1, 0.15) is 27.7 Å². The molecule has 1 nitrogen and oxygen atoms in total. The van der Waals surface area contributed by atoms with E-state index in [1.807, 2.05) is 13.8 Å². The summed E-state index contributed by atoms with van der Waals surface area (Å²) in [4.78, 5) is 2.40. The van der Waals surface area contributed by atoms with Crippen molar-refractivity contribution in [1.82, 2.24) is 4.90 Å². The molecule has 0 aromatic heterocycles. The van der Waals surface area contributed by atoms with Gasteiger partial charge in [0.05, 0.1) is 0 Å². The quantitative estimate of drug-likeness (QED) is 0.502. The van der Waals surface area contributed by atoms with Crippen molar-refractivity contribution in [3.8, 4) is 0 Å². The number of hydrogen-bond donors (Lipinski definition) is 0. The van der Waals surface area contributed by atoms with Crippen LogP contribution in [-0.4, -0.2) is 25.0 Å². The van der Waals surface area contributed by atoms with Gasteiger partial charge in [-0.05, 0) is 18.9 Å². The Morgan fingerprint density at radius 3 is 1.40 bits per heavy atom. The highest BCUT2D eigenvalue weighted by Crippen LogP contribution is 2.19. The minimum Gasteiger partial charge on any atom is -0.306 e. The first kappa shape index (κ1) is 9.96. The number of hydrogen-bond acceptors (Lipinski definition) is 1. The molecule has 1 saturated heterocycles. The van der Waals surface area contributed by atoms with Crippen molar-refractivity contribution in [1.29, 1.82) is 0 Å². The van der Waals surface area contributed by atoms with Gasteiger partial charge in [0.25, 0.3) is 0 Å². The largest absolute Gasteiger partial charge is 0.306 e. The molecule has 0 radical (unpaired) electrons. The Morgan fingerprint density at radius 1 is 1.00 bits per heavy atom. The molecule has 0 amide bonds. The molecule has 0 unspecified atom stereocenters. The summed E-state index contributed by atoms with van der Waals surface area (Å²) in [6, 6.07) is 0. The Balaban J connectivity index is 0.000000371. The van der Waals surface area contributed by atoms with Crippen LogP contribution in [0.25, 0.3) is 0 Å². The summed E-state index contributed by atoms with van der Waals surface area (Å²) in [5, 5.41) is 0. The molecule has 10 heavy (non-hydrogen) atoms. The van der Waals surface area contributed by atoms with E-state index in [1.54, 1.807) is 0 Å². The van der Waals surface area contributed by atoms with E-state index in [9.17, 15) is 0 Å². The van der Waals surface area contributed by atoms with Crippen LogP contribution in [0.2, 0.25) is 0 Å². The van der Waals surface area contributed by atoms with Crippen LogP contribution in [0.4, 0.5) is 0 Å². The lowest BCUT2D eigenvalue weighted by atomic mass is 10.0. The van der Waals surface area contributed by atoms with Crippen LogP contribution in [-0.2, 0) is 0 Å². The molecule has 1 heteroatoms. The van der Waals surface area contributed by atoms with Gasteiger partial charge in [-0.1, -0.05) is 27.7 Å². The van der Waals surface area contributed by atoms with Gasteiger partial charge in [0.1, 0.15) is 0 Å². The van der Waals surface area contributed by atoms with Gasteiger partial charge in [-0.15, -0.1) is 0 Å². The lowest BCUT2D eigenvalue weighted by Gasteiger charge is -2.03. The van der Waals surface area contributed by atoms with Crippen molar-refractivity contribution in [2.24, 2.45) is 11.8 Å². The molecule has 1 heterocycles. The Labute approximate surface area is 65.4 Å². The molecule has 0 N–H and O–H groups in total. The van der Waals surface area contributed by atoms with Gasteiger partial charge in [-0.2, -0.15) is 0 Å². The monoisotopic (exact) mass is 143 g/mol. The van der Waals surface area contributed by atoms with E-state index in [-0.39, 0.29) is 0 Å². The zero-order valence-electron chi connectivity index (χ0n) is 8.02. The Morgan fingerprint density at radius 2 is 1.30 bits per heavy atom. The van der Waals surface area contributed by atoms with Crippen LogP contribution in [0.5, 0.6) is 0 Å². The summed E-state index contributed by atoms with van der Waals surface area (Å²) in [5.41, 5.74) is 0. The molecule has 2 atom stereocenters. The third-order valence-corrected chi connectivity index (χ3v) is 2.17. The van der Waals surface area contributed by atoms with Gasteiger partial charge in [-0.3, -0.25) is 0 Å². The number of nitrogens with zero attached hydrogens (tertiary/aromatic N) is 1. The average Bonchev–Trinajstić information content (AvgIpc) is 2.16. The predicted molar refractivity (Wildman–Crippen MR) is 47.2 cm³/mol. The molecule has 0 saturated carbocycles. The normalized spacial score (nSPS) is 33.3. The Kier molecular flexibility index (Phi) is 4.71. The zero-order chi connectivity index (χ0) is 8.15. The SMILES string of the molecule is CC.C[C@@H]1CN(C)C[C@@H]1C. The van der Waals surface area contributed by atoms with E-state index >= 15 is 0 Å². The summed E-state index contributed by atoms with van der Waals surface area (Å²) in [6.45, 7) is 11.2.